The number of nitrogens with one attached hydrogen (secondary N) is 1. The number of hydrogen-bond donors (Lipinski definition) is 2. The topological polar surface area (TPSA) is 179 Å². The summed E-state index contributed by atoms with van der Waals surface area (Å²) in [6.45, 7) is 5.70. The summed E-state index contributed by atoms with van der Waals surface area (Å²) in [6.07, 6.45) is 1.94. The zero-order valence-corrected chi connectivity index (χ0v) is 19.8. The highest BCUT2D eigenvalue weighted by Gasteiger charge is 2.26. The predicted molar refractivity (Wildman–Crippen MR) is 130 cm³/mol. The van der Waals surface area contributed by atoms with Gasteiger partial charge in [0.2, 0.25) is 5.91 Å². The normalized spacial score (nSPS) is 11.3. The van der Waals surface area contributed by atoms with E-state index in [2.05, 4.69) is 4.98 Å². The van der Waals surface area contributed by atoms with Crippen LogP contribution in [0.3, 0.4) is 0 Å². The number of carbonyl (C=O) groups is 1. The van der Waals surface area contributed by atoms with E-state index in [9.17, 15) is 29.3 Å². The molecule has 0 unspecified atom stereocenters. The van der Waals surface area contributed by atoms with Crippen molar-refractivity contribution < 1.29 is 14.1 Å². The van der Waals surface area contributed by atoms with Crippen molar-refractivity contribution in [2.24, 2.45) is 5.92 Å². The number of benzene rings is 1. The zero-order chi connectivity index (χ0) is 25.9. The molecule has 0 saturated carbocycles. The van der Waals surface area contributed by atoms with Crippen molar-refractivity contribution in [2.75, 3.05) is 17.2 Å². The molecule has 13 nitrogen and oxygen atoms in total. The Kier molecular flexibility index (Phi) is 7.57. The average Bonchev–Trinajstić information content (AvgIpc) is 3.09. The van der Waals surface area contributed by atoms with E-state index in [1.165, 1.54) is 21.6 Å². The van der Waals surface area contributed by atoms with Crippen molar-refractivity contribution in [1.82, 2.24) is 14.1 Å². The summed E-state index contributed by atoms with van der Waals surface area (Å²) in [6, 6.07) is 3.61. The Labute approximate surface area is 198 Å². The molecule has 0 atom stereocenters. The molecule has 0 radical (unpaired) electrons. The number of carbonyl (C=O) groups excluding carboxylic acids is 1. The first kappa shape index (κ1) is 25.5. The van der Waals surface area contributed by atoms with Gasteiger partial charge in [0.05, 0.1) is 16.5 Å². The second kappa shape index (κ2) is 10.4. The number of amides is 1. The number of hydrogen-bond acceptors (Lipinski definition) is 8. The number of unbranched alkanes of at least 4 members (excludes halogenated alkanes) is 1. The molecule has 3 aromatic rings. The van der Waals surface area contributed by atoms with E-state index < -0.39 is 34.4 Å². The fourth-order valence-corrected chi connectivity index (χ4v) is 3.66. The summed E-state index contributed by atoms with van der Waals surface area (Å²) >= 11 is 0. The van der Waals surface area contributed by atoms with E-state index in [0.717, 1.165) is 17.1 Å². The SMILES string of the molecule is CCCCn1c(N)c(N(CCC(C)C)C(=O)Cn2c(=O)oc3cc([N+](=O)[O-])ccc32)c(=O)[nH]c1=O. The number of nitro benzene ring substituents is 1. The zero-order valence-electron chi connectivity index (χ0n) is 19.8. The van der Waals surface area contributed by atoms with E-state index >= 15 is 0 Å². The second-order valence-corrected chi connectivity index (χ2v) is 8.59. The van der Waals surface area contributed by atoms with E-state index in [1.807, 2.05) is 20.8 Å². The molecule has 35 heavy (non-hydrogen) atoms. The number of rotatable bonds is 10. The minimum atomic E-state index is -0.882. The van der Waals surface area contributed by atoms with Gasteiger partial charge in [-0.15, -0.1) is 0 Å². The highest BCUT2D eigenvalue weighted by atomic mass is 16.6. The maximum absolute atomic E-state index is 13.4. The van der Waals surface area contributed by atoms with Gasteiger partial charge in [-0.05, 0) is 24.8 Å². The van der Waals surface area contributed by atoms with Crippen LogP contribution in [0.4, 0.5) is 17.2 Å². The Hall–Kier alpha value is -4.16. The number of anilines is 2. The number of fused-ring (bicyclic) bond motifs is 1. The average molecular weight is 489 g/mol. The van der Waals surface area contributed by atoms with Gasteiger partial charge in [0.25, 0.3) is 11.2 Å². The number of nitro groups is 1. The molecule has 13 heteroatoms. The maximum Gasteiger partial charge on any atom is 0.420 e. The summed E-state index contributed by atoms with van der Waals surface area (Å²) in [7, 11) is 0. The lowest BCUT2D eigenvalue weighted by Crippen LogP contribution is -2.43. The second-order valence-electron chi connectivity index (χ2n) is 8.59. The lowest BCUT2D eigenvalue weighted by molar-refractivity contribution is -0.384. The summed E-state index contributed by atoms with van der Waals surface area (Å²) < 4.78 is 7.34. The minimum Gasteiger partial charge on any atom is -0.407 e. The molecule has 1 aromatic carbocycles. The number of nitrogens with two attached hydrogens (primary N) is 1. The molecular weight excluding hydrogens is 460 g/mol. The molecule has 0 spiro atoms. The van der Waals surface area contributed by atoms with Crippen molar-refractivity contribution in [1.29, 1.82) is 0 Å². The largest absolute Gasteiger partial charge is 0.420 e. The van der Waals surface area contributed by atoms with Gasteiger partial charge in [0.15, 0.2) is 11.3 Å². The molecule has 1 amide bonds. The number of oxazole rings is 1. The van der Waals surface area contributed by atoms with Crippen LogP contribution >= 0.6 is 0 Å². The number of H-pyrrole nitrogens is 1. The maximum atomic E-state index is 13.4. The first-order chi connectivity index (χ1) is 16.5. The van der Waals surface area contributed by atoms with Crippen molar-refractivity contribution in [3.8, 4) is 0 Å². The van der Waals surface area contributed by atoms with Crippen LogP contribution in [0.25, 0.3) is 11.1 Å². The Bertz CT molecular complexity index is 1430. The Morgan fingerprint density at radius 3 is 2.60 bits per heavy atom. The molecule has 0 bridgehead atoms. The van der Waals surface area contributed by atoms with Crippen LogP contribution in [0.2, 0.25) is 0 Å². The molecule has 0 aliphatic carbocycles. The van der Waals surface area contributed by atoms with Crippen molar-refractivity contribution in [3.63, 3.8) is 0 Å². The molecule has 0 aliphatic heterocycles. The number of aromatic amines is 1. The van der Waals surface area contributed by atoms with Gasteiger partial charge in [0.1, 0.15) is 12.4 Å². The molecule has 0 aliphatic rings. The van der Waals surface area contributed by atoms with Gasteiger partial charge in [0, 0.05) is 19.2 Å². The molecule has 188 valence electrons. The molecule has 3 N–H and O–H groups in total. The molecule has 2 heterocycles. The van der Waals surface area contributed by atoms with Crippen molar-refractivity contribution in [3.05, 3.63) is 59.7 Å². The van der Waals surface area contributed by atoms with E-state index in [0.29, 0.717) is 12.8 Å². The first-order valence-corrected chi connectivity index (χ1v) is 11.3. The minimum absolute atomic E-state index is 0.0452. The number of non-ortho nitro benzene ring substituents is 1. The highest BCUT2D eigenvalue weighted by molar-refractivity contribution is 5.96. The number of aromatic nitrogens is 3. The molecular formula is C22H28N6O7. The smallest absolute Gasteiger partial charge is 0.407 e. The van der Waals surface area contributed by atoms with Gasteiger partial charge in [-0.2, -0.15) is 0 Å². The van der Waals surface area contributed by atoms with Crippen LogP contribution in [0, 0.1) is 16.0 Å². The first-order valence-electron chi connectivity index (χ1n) is 11.3. The molecule has 0 fully saturated rings. The third-order valence-electron chi connectivity index (χ3n) is 5.61. The summed E-state index contributed by atoms with van der Waals surface area (Å²) in [4.78, 5) is 64.8. The Morgan fingerprint density at radius 1 is 1.26 bits per heavy atom. The van der Waals surface area contributed by atoms with E-state index in [-0.39, 0.29) is 47.3 Å². The summed E-state index contributed by atoms with van der Waals surface area (Å²) in [5, 5.41) is 11.0. The van der Waals surface area contributed by atoms with Gasteiger partial charge in [-0.3, -0.25) is 33.8 Å². The molecule has 0 saturated heterocycles. The Morgan fingerprint density at radius 2 is 1.97 bits per heavy atom. The van der Waals surface area contributed by atoms with Crippen LogP contribution < -0.4 is 27.6 Å². The van der Waals surface area contributed by atoms with Gasteiger partial charge in [-0.1, -0.05) is 27.2 Å². The highest BCUT2D eigenvalue weighted by Crippen LogP contribution is 2.22. The number of nitrogen functional groups attached to an aromatic ring is 1. The van der Waals surface area contributed by atoms with Gasteiger partial charge < -0.3 is 15.1 Å². The van der Waals surface area contributed by atoms with Crippen LogP contribution in [-0.4, -0.2) is 31.5 Å². The summed E-state index contributed by atoms with van der Waals surface area (Å²) in [5.74, 6) is -1.47. The van der Waals surface area contributed by atoms with Gasteiger partial charge in [-0.25, -0.2) is 9.59 Å². The quantitative estimate of drug-likeness (QED) is 0.320. The fraction of sp³-hybridized carbons (Fsp3) is 0.455. The standard InChI is InChI=1S/C22H28N6O7/c1-4-5-9-26-19(23)18(20(30)24-21(26)31)25(10-8-13(2)3)17(29)12-27-15-7-6-14(28(33)34)11-16(15)35-22(27)32/h6-7,11,13H,4-5,8-10,12,23H2,1-3H3,(H,24,30,31). The van der Waals surface area contributed by atoms with Crippen LogP contribution in [0.15, 0.2) is 37.0 Å². The lowest BCUT2D eigenvalue weighted by Gasteiger charge is -2.25. The summed E-state index contributed by atoms with van der Waals surface area (Å²) in [5.41, 5.74) is 4.44. The third-order valence-corrected chi connectivity index (χ3v) is 5.61. The molecule has 3 rings (SSSR count). The van der Waals surface area contributed by atoms with Crippen molar-refractivity contribution in [2.45, 2.75) is 53.1 Å². The monoisotopic (exact) mass is 488 g/mol. The van der Waals surface area contributed by atoms with Gasteiger partial charge >= 0.3 is 11.4 Å². The predicted octanol–water partition coefficient (Wildman–Crippen LogP) is 1.81. The fourth-order valence-electron chi connectivity index (χ4n) is 3.66. The lowest BCUT2D eigenvalue weighted by atomic mass is 10.1. The van der Waals surface area contributed by atoms with Crippen molar-refractivity contribution >= 4 is 34.2 Å². The number of nitrogens with zero attached hydrogens (tertiary/aromatic N) is 4. The third kappa shape index (κ3) is 5.34. The molecule has 2 aromatic heterocycles. The van der Waals surface area contributed by atoms with Crippen LogP contribution in [0.1, 0.15) is 40.0 Å². The van der Waals surface area contributed by atoms with E-state index in [4.69, 9.17) is 10.2 Å². The van der Waals surface area contributed by atoms with E-state index in [1.54, 1.807) is 0 Å². The Balaban J connectivity index is 2.06. The van der Waals surface area contributed by atoms with Crippen LogP contribution in [-0.2, 0) is 17.9 Å². The van der Waals surface area contributed by atoms with Crippen LogP contribution in [0.5, 0.6) is 0 Å².